The van der Waals surface area contributed by atoms with E-state index in [1.165, 1.54) is 27.7 Å². The van der Waals surface area contributed by atoms with E-state index in [4.69, 9.17) is 9.47 Å². The van der Waals surface area contributed by atoms with Crippen LogP contribution in [-0.2, 0) is 38.2 Å². The van der Waals surface area contributed by atoms with Crippen LogP contribution >= 0.6 is 0 Å². The van der Waals surface area contributed by atoms with Crippen molar-refractivity contribution in [1.82, 2.24) is 5.32 Å². The molecular weight excluding hydrogens is 382 g/mol. The molecule has 0 saturated heterocycles. The minimum Gasteiger partial charge on any atom is -0.462 e. The van der Waals surface area contributed by atoms with Gasteiger partial charge in [-0.25, -0.2) is 4.79 Å². The van der Waals surface area contributed by atoms with Crippen LogP contribution in [0.2, 0.25) is 0 Å². The number of ketones is 3. The Balaban J connectivity index is 5.34. The van der Waals surface area contributed by atoms with Crippen LogP contribution in [-0.4, -0.2) is 48.4 Å². The number of hydrogen-bond acceptors (Lipinski definition) is 8. The molecule has 1 N–H and O–H groups in total. The number of esters is 2. The van der Waals surface area contributed by atoms with Crippen molar-refractivity contribution >= 4 is 35.2 Å². The largest absolute Gasteiger partial charge is 0.462 e. The number of nitrogens with one attached hydrogen (secondary N) is 1. The Morgan fingerprint density at radius 2 is 1.31 bits per heavy atom. The monoisotopic (exact) mass is 409 g/mol. The number of carbonyl (C=O) groups is 6. The minimum absolute atomic E-state index is 0.00236. The average molecular weight is 409 g/mol. The zero-order chi connectivity index (χ0) is 22.6. The van der Waals surface area contributed by atoms with E-state index < -0.39 is 17.8 Å². The van der Waals surface area contributed by atoms with E-state index in [1.807, 2.05) is 0 Å². The summed E-state index contributed by atoms with van der Waals surface area (Å²) in [5, 5.41) is 2.47. The van der Waals surface area contributed by atoms with E-state index in [-0.39, 0.29) is 73.1 Å². The van der Waals surface area contributed by atoms with Gasteiger partial charge in [-0.3, -0.25) is 19.2 Å². The second-order valence-electron chi connectivity index (χ2n) is 6.51. The van der Waals surface area contributed by atoms with Gasteiger partial charge in [0, 0.05) is 24.1 Å². The Kier molecular flexibility index (Phi) is 11.7. The molecule has 0 saturated carbocycles. The molecule has 0 atom stereocenters. The third kappa shape index (κ3) is 12.1. The lowest BCUT2D eigenvalue weighted by Gasteiger charge is -2.15. The van der Waals surface area contributed by atoms with Gasteiger partial charge in [-0.2, -0.15) is 0 Å². The smallest absolute Gasteiger partial charge is 0.335 e. The first-order chi connectivity index (χ1) is 13.4. The maximum atomic E-state index is 12.5. The number of ether oxygens (including phenoxy) is 2. The van der Waals surface area contributed by atoms with E-state index in [9.17, 15) is 28.8 Å². The fraction of sp³-hybridized carbons (Fsp3) is 0.500. The quantitative estimate of drug-likeness (QED) is 0.209. The zero-order valence-electron chi connectivity index (χ0n) is 17.2. The summed E-state index contributed by atoms with van der Waals surface area (Å²) in [6.45, 7) is 8.27. The van der Waals surface area contributed by atoms with Crippen molar-refractivity contribution in [3.63, 3.8) is 0 Å². The van der Waals surface area contributed by atoms with Crippen molar-refractivity contribution in [1.29, 1.82) is 0 Å². The average Bonchev–Trinajstić information content (AvgIpc) is 2.57. The summed E-state index contributed by atoms with van der Waals surface area (Å²) in [5.41, 5.74) is 0.174. The topological polar surface area (TPSA) is 133 Å². The normalized spacial score (nSPS) is 11.0. The predicted molar refractivity (Wildman–Crippen MR) is 102 cm³/mol. The number of amides is 1. The second-order valence-corrected chi connectivity index (χ2v) is 6.51. The Labute approximate surface area is 169 Å². The molecule has 0 radical (unpaired) electrons. The Morgan fingerprint density at radius 1 is 0.759 bits per heavy atom. The fourth-order valence-electron chi connectivity index (χ4n) is 2.03. The van der Waals surface area contributed by atoms with E-state index in [2.05, 4.69) is 11.9 Å². The summed E-state index contributed by atoms with van der Waals surface area (Å²) in [5.74, 6) is -3.04. The molecule has 160 valence electrons. The summed E-state index contributed by atoms with van der Waals surface area (Å²) in [7, 11) is 0. The summed E-state index contributed by atoms with van der Waals surface area (Å²) in [4.78, 5) is 69.5. The molecule has 0 aliphatic carbocycles. The van der Waals surface area contributed by atoms with Crippen LogP contribution in [0.15, 0.2) is 23.4 Å². The third-order valence-electron chi connectivity index (χ3n) is 3.39. The maximum Gasteiger partial charge on any atom is 0.335 e. The van der Waals surface area contributed by atoms with Crippen molar-refractivity contribution in [2.24, 2.45) is 0 Å². The van der Waals surface area contributed by atoms with Gasteiger partial charge in [-0.15, -0.1) is 0 Å². The number of hydrogen-bond donors (Lipinski definition) is 1. The summed E-state index contributed by atoms with van der Waals surface area (Å²) in [6.07, 6.45) is -0.665. The van der Waals surface area contributed by atoms with Crippen LogP contribution in [0.1, 0.15) is 53.4 Å². The van der Waals surface area contributed by atoms with Gasteiger partial charge in [0.2, 0.25) is 5.91 Å². The van der Waals surface area contributed by atoms with Gasteiger partial charge in [0.15, 0.2) is 0 Å². The molecule has 0 fully saturated rings. The molecule has 0 spiro atoms. The summed E-state index contributed by atoms with van der Waals surface area (Å²) >= 11 is 0. The van der Waals surface area contributed by atoms with Crippen molar-refractivity contribution in [2.45, 2.75) is 53.4 Å². The highest BCUT2D eigenvalue weighted by Gasteiger charge is 2.21. The molecule has 1 amide bonds. The first-order valence-electron chi connectivity index (χ1n) is 8.94. The van der Waals surface area contributed by atoms with Gasteiger partial charge < -0.3 is 19.6 Å². The molecular formula is C20H27NO8. The zero-order valence-corrected chi connectivity index (χ0v) is 17.2. The Morgan fingerprint density at radius 3 is 1.79 bits per heavy atom. The molecule has 9 nitrogen and oxygen atoms in total. The molecule has 0 bridgehead atoms. The van der Waals surface area contributed by atoms with Gasteiger partial charge in [-0.1, -0.05) is 6.58 Å². The molecule has 0 aromatic carbocycles. The highest BCUT2D eigenvalue weighted by molar-refractivity contribution is 5.97. The standard InChI is InChI=1S/C20H27NO8/c1-12(2)19(26)21-17(10-14(4)23)16(7-6-13(3)22)20(27)29-9-8-28-18(25)11-15(5)24/h1,6-11H2,2-5H3,(H,21,26). The Hall–Kier alpha value is -3.10. The van der Waals surface area contributed by atoms with E-state index >= 15 is 0 Å². The molecule has 29 heavy (non-hydrogen) atoms. The minimum atomic E-state index is -0.855. The Bertz CT molecular complexity index is 733. The van der Waals surface area contributed by atoms with Gasteiger partial charge in [-0.05, 0) is 34.1 Å². The van der Waals surface area contributed by atoms with Crippen LogP contribution < -0.4 is 5.32 Å². The van der Waals surface area contributed by atoms with Crippen LogP contribution in [0.25, 0.3) is 0 Å². The van der Waals surface area contributed by atoms with E-state index in [1.54, 1.807) is 0 Å². The maximum absolute atomic E-state index is 12.5. The van der Waals surface area contributed by atoms with E-state index in [0.29, 0.717) is 0 Å². The molecule has 0 aromatic heterocycles. The molecule has 9 heteroatoms. The lowest BCUT2D eigenvalue weighted by atomic mass is 10.0. The van der Waals surface area contributed by atoms with Crippen molar-refractivity contribution in [2.75, 3.05) is 13.2 Å². The van der Waals surface area contributed by atoms with Gasteiger partial charge >= 0.3 is 11.9 Å². The van der Waals surface area contributed by atoms with Gasteiger partial charge in [0.25, 0.3) is 0 Å². The van der Waals surface area contributed by atoms with E-state index in [0.717, 1.165) is 0 Å². The molecule has 0 rings (SSSR count). The van der Waals surface area contributed by atoms with Crippen LogP contribution in [0.5, 0.6) is 0 Å². The molecule has 0 heterocycles. The number of rotatable bonds is 13. The molecule has 0 aliphatic heterocycles. The second kappa shape index (κ2) is 13.1. The number of carbonyl (C=O) groups excluding carboxylic acids is 6. The molecule has 0 aromatic rings. The van der Waals surface area contributed by atoms with Gasteiger partial charge in [0.05, 0.1) is 5.57 Å². The molecule has 0 unspecified atom stereocenters. The highest BCUT2D eigenvalue weighted by atomic mass is 16.6. The first kappa shape index (κ1) is 25.9. The van der Waals surface area contributed by atoms with Crippen LogP contribution in [0.4, 0.5) is 0 Å². The number of Topliss-reactive ketones (excluding diaryl/α,β-unsaturated/α-hetero) is 3. The first-order valence-corrected chi connectivity index (χ1v) is 8.94. The van der Waals surface area contributed by atoms with Crippen molar-refractivity contribution < 1.29 is 38.2 Å². The SMILES string of the molecule is C=C(C)C(=O)NC(CC(C)=O)=C(CCC(C)=O)C(=O)OCCOC(=O)CC(C)=O. The van der Waals surface area contributed by atoms with Crippen molar-refractivity contribution in [3.8, 4) is 0 Å². The fourth-order valence-corrected chi connectivity index (χ4v) is 2.03. The summed E-state index contributed by atoms with van der Waals surface area (Å²) < 4.78 is 9.80. The number of allylic oxidation sites excluding steroid dienone is 1. The lowest BCUT2D eigenvalue weighted by molar-refractivity contribution is -0.151. The highest BCUT2D eigenvalue weighted by Crippen LogP contribution is 2.16. The van der Waals surface area contributed by atoms with Crippen LogP contribution in [0, 0.1) is 0 Å². The van der Waals surface area contributed by atoms with Gasteiger partial charge in [0.1, 0.15) is 37.0 Å². The third-order valence-corrected chi connectivity index (χ3v) is 3.39. The van der Waals surface area contributed by atoms with Crippen LogP contribution in [0.3, 0.4) is 0 Å². The lowest BCUT2D eigenvalue weighted by Crippen LogP contribution is -2.28. The van der Waals surface area contributed by atoms with Crippen molar-refractivity contribution in [3.05, 3.63) is 23.4 Å². The molecule has 0 aliphatic rings. The summed E-state index contributed by atoms with van der Waals surface area (Å²) in [6, 6.07) is 0. The predicted octanol–water partition coefficient (Wildman–Crippen LogP) is 1.35.